The topological polar surface area (TPSA) is 52.6 Å². The molecular formula is C17H18O4. The molecule has 2 unspecified atom stereocenters. The highest BCUT2D eigenvalue weighted by molar-refractivity contribution is 5.90. The van der Waals surface area contributed by atoms with Crippen molar-refractivity contribution >= 4 is 11.9 Å². The Kier molecular flexibility index (Phi) is 3.78. The molecule has 2 atom stereocenters. The zero-order valence-corrected chi connectivity index (χ0v) is 12.0. The molecule has 0 bridgehead atoms. The van der Waals surface area contributed by atoms with Crippen molar-refractivity contribution in [3.05, 3.63) is 41.5 Å². The lowest BCUT2D eigenvalue weighted by Gasteiger charge is -2.32. The maximum Gasteiger partial charge on any atom is 0.337 e. The van der Waals surface area contributed by atoms with Gasteiger partial charge in [0.15, 0.2) is 0 Å². The molecule has 0 amide bonds. The number of carbonyl (C=O) groups is 2. The fraction of sp³-hybridized carbons (Fsp3) is 0.412. The lowest BCUT2D eigenvalue weighted by atomic mass is 9.76. The Morgan fingerprint density at radius 3 is 2.90 bits per heavy atom. The van der Waals surface area contributed by atoms with Crippen LogP contribution < -0.4 is 4.74 Å². The van der Waals surface area contributed by atoms with E-state index in [1.807, 2.05) is 6.07 Å². The standard InChI is InChI=1S/C17H18O4/c1-20-17(19)12-7-8-15-14(9-12)13(10-16(18)21-15)11-5-3-2-4-6-11/h2-3,7-9,11,13H,4-6,10H2,1H3. The van der Waals surface area contributed by atoms with Gasteiger partial charge in [-0.1, -0.05) is 12.2 Å². The van der Waals surface area contributed by atoms with Gasteiger partial charge in [0, 0.05) is 5.92 Å². The molecule has 3 rings (SSSR count). The maximum atomic E-state index is 11.8. The van der Waals surface area contributed by atoms with E-state index < -0.39 is 0 Å². The highest BCUT2D eigenvalue weighted by Crippen LogP contribution is 2.43. The SMILES string of the molecule is COC(=O)c1ccc2c(c1)C(C1CC=CCC1)CC(=O)O2. The highest BCUT2D eigenvalue weighted by atomic mass is 16.5. The summed E-state index contributed by atoms with van der Waals surface area (Å²) in [6, 6.07) is 5.15. The molecule has 1 heterocycles. The lowest BCUT2D eigenvalue weighted by Crippen LogP contribution is -2.26. The van der Waals surface area contributed by atoms with Crippen molar-refractivity contribution in [2.45, 2.75) is 31.6 Å². The largest absolute Gasteiger partial charge is 0.465 e. The van der Waals surface area contributed by atoms with E-state index in [4.69, 9.17) is 9.47 Å². The van der Waals surface area contributed by atoms with Crippen molar-refractivity contribution in [2.75, 3.05) is 7.11 Å². The number of hydrogen-bond acceptors (Lipinski definition) is 4. The minimum Gasteiger partial charge on any atom is -0.465 e. The molecule has 21 heavy (non-hydrogen) atoms. The molecule has 0 spiro atoms. The average Bonchev–Trinajstić information content (AvgIpc) is 2.53. The van der Waals surface area contributed by atoms with Gasteiger partial charge in [0.2, 0.25) is 0 Å². The van der Waals surface area contributed by atoms with Gasteiger partial charge >= 0.3 is 11.9 Å². The molecular weight excluding hydrogens is 268 g/mol. The molecule has 4 heteroatoms. The van der Waals surface area contributed by atoms with Crippen LogP contribution in [0.1, 0.15) is 47.5 Å². The second-order valence-corrected chi connectivity index (χ2v) is 5.57. The van der Waals surface area contributed by atoms with Gasteiger partial charge in [-0.15, -0.1) is 0 Å². The molecule has 0 N–H and O–H groups in total. The number of benzene rings is 1. The van der Waals surface area contributed by atoms with Gasteiger partial charge < -0.3 is 9.47 Å². The molecule has 1 aromatic carbocycles. The van der Waals surface area contributed by atoms with Gasteiger partial charge in [-0.25, -0.2) is 4.79 Å². The van der Waals surface area contributed by atoms with Crippen LogP contribution in [0.4, 0.5) is 0 Å². The highest BCUT2D eigenvalue weighted by Gasteiger charge is 2.33. The molecule has 0 saturated heterocycles. The van der Waals surface area contributed by atoms with Crippen LogP contribution in [-0.2, 0) is 9.53 Å². The summed E-state index contributed by atoms with van der Waals surface area (Å²) in [5.74, 6) is 0.577. The number of methoxy groups -OCH3 is 1. The van der Waals surface area contributed by atoms with Crippen LogP contribution in [0.3, 0.4) is 0 Å². The van der Waals surface area contributed by atoms with E-state index in [2.05, 4.69) is 12.2 Å². The normalized spacial score (nSPS) is 24.1. The summed E-state index contributed by atoms with van der Waals surface area (Å²) >= 11 is 0. The van der Waals surface area contributed by atoms with E-state index in [0.29, 0.717) is 23.7 Å². The third-order valence-electron chi connectivity index (χ3n) is 4.32. The zero-order chi connectivity index (χ0) is 14.8. The Morgan fingerprint density at radius 2 is 2.19 bits per heavy atom. The van der Waals surface area contributed by atoms with Crippen LogP contribution in [-0.4, -0.2) is 19.0 Å². The summed E-state index contributed by atoms with van der Waals surface area (Å²) in [6.45, 7) is 0. The van der Waals surface area contributed by atoms with Crippen molar-refractivity contribution in [1.29, 1.82) is 0 Å². The van der Waals surface area contributed by atoms with Crippen molar-refractivity contribution in [1.82, 2.24) is 0 Å². The van der Waals surface area contributed by atoms with Gasteiger partial charge in [0.25, 0.3) is 0 Å². The first-order valence-electron chi connectivity index (χ1n) is 7.27. The number of carbonyl (C=O) groups excluding carboxylic acids is 2. The Morgan fingerprint density at radius 1 is 1.33 bits per heavy atom. The van der Waals surface area contributed by atoms with Gasteiger partial charge in [-0.2, -0.15) is 0 Å². The Bertz CT molecular complexity index is 603. The van der Waals surface area contributed by atoms with Gasteiger partial charge in [-0.3, -0.25) is 4.79 Å². The molecule has 110 valence electrons. The monoisotopic (exact) mass is 286 g/mol. The van der Waals surface area contributed by atoms with Crippen LogP contribution in [0.25, 0.3) is 0 Å². The predicted molar refractivity (Wildman–Crippen MR) is 77.3 cm³/mol. The van der Waals surface area contributed by atoms with Crippen LogP contribution >= 0.6 is 0 Å². The summed E-state index contributed by atoms with van der Waals surface area (Å²) in [7, 11) is 1.37. The summed E-state index contributed by atoms with van der Waals surface area (Å²) < 4.78 is 10.1. The summed E-state index contributed by atoms with van der Waals surface area (Å²) in [4.78, 5) is 23.5. The smallest absolute Gasteiger partial charge is 0.337 e. The van der Waals surface area contributed by atoms with E-state index in [9.17, 15) is 9.59 Å². The maximum absolute atomic E-state index is 11.8. The van der Waals surface area contributed by atoms with Crippen LogP contribution in [0.15, 0.2) is 30.4 Å². The molecule has 1 aliphatic heterocycles. The van der Waals surface area contributed by atoms with Crippen LogP contribution in [0, 0.1) is 5.92 Å². The predicted octanol–water partition coefficient (Wildman–Crippen LogP) is 3.22. The Hall–Kier alpha value is -2.10. The summed E-state index contributed by atoms with van der Waals surface area (Å²) in [5, 5.41) is 0. The lowest BCUT2D eigenvalue weighted by molar-refractivity contribution is -0.136. The summed E-state index contributed by atoms with van der Waals surface area (Å²) in [6.07, 6.45) is 7.83. The number of hydrogen-bond donors (Lipinski definition) is 0. The quantitative estimate of drug-likeness (QED) is 0.476. The van der Waals surface area contributed by atoms with Gasteiger partial charge in [0.1, 0.15) is 5.75 Å². The third-order valence-corrected chi connectivity index (χ3v) is 4.32. The van der Waals surface area contributed by atoms with E-state index in [-0.39, 0.29) is 17.9 Å². The number of allylic oxidation sites excluding steroid dienone is 2. The fourth-order valence-electron chi connectivity index (χ4n) is 3.23. The van der Waals surface area contributed by atoms with Crippen LogP contribution in [0.5, 0.6) is 5.75 Å². The first kappa shape index (κ1) is 13.9. The zero-order valence-electron chi connectivity index (χ0n) is 12.0. The third kappa shape index (κ3) is 2.71. The van der Waals surface area contributed by atoms with Crippen molar-refractivity contribution in [3.8, 4) is 5.75 Å². The minimum atomic E-state index is -0.364. The van der Waals surface area contributed by atoms with E-state index in [1.54, 1.807) is 12.1 Å². The molecule has 1 aromatic rings. The van der Waals surface area contributed by atoms with Crippen LogP contribution in [0.2, 0.25) is 0 Å². The van der Waals surface area contributed by atoms with Crippen molar-refractivity contribution < 1.29 is 19.1 Å². The molecule has 0 saturated carbocycles. The van der Waals surface area contributed by atoms with Gasteiger partial charge in [0.05, 0.1) is 19.1 Å². The molecule has 2 aliphatic rings. The van der Waals surface area contributed by atoms with Crippen molar-refractivity contribution in [3.63, 3.8) is 0 Å². The second-order valence-electron chi connectivity index (χ2n) is 5.57. The van der Waals surface area contributed by atoms with Crippen molar-refractivity contribution in [2.24, 2.45) is 5.92 Å². The van der Waals surface area contributed by atoms with E-state index in [0.717, 1.165) is 24.8 Å². The number of ether oxygens (including phenoxy) is 2. The number of esters is 2. The van der Waals surface area contributed by atoms with E-state index >= 15 is 0 Å². The second kappa shape index (κ2) is 5.72. The number of fused-ring (bicyclic) bond motifs is 1. The molecule has 0 fully saturated rings. The first-order valence-corrected chi connectivity index (χ1v) is 7.27. The molecule has 1 aliphatic carbocycles. The minimum absolute atomic E-state index is 0.121. The molecule has 0 aromatic heterocycles. The fourth-order valence-corrected chi connectivity index (χ4v) is 3.23. The molecule has 4 nitrogen and oxygen atoms in total. The average molecular weight is 286 g/mol. The number of rotatable bonds is 2. The first-order chi connectivity index (χ1) is 10.2. The Labute approximate surface area is 123 Å². The van der Waals surface area contributed by atoms with E-state index in [1.165, 1.54) is 7.11 Å². The molecule has 0 radical (unpaired) electrons. The van der Waals surface area contributed by atoms with Gasteiger partial charge in [-0.05, 0) is 48.9 Å². The Balaban J connectivity index is 1.98. The summed E-state index contributed by atoms with van der Waals surface area (Å²) in [5.41, 5.74) is 1.46.